The maximum Gasteiger partial charge on any atom is 0.257 e. The second kappa shape index (κ2) is 6.37. The van der Waals surface area contributed by atoms with Crippen LogP contribution in [0, 0.1) is 6.92 Å². The summed E-state index contributed by atoms with van der Waals surface area (Å²) in [7, 11) is 3.05. The maximum absolute atomic E-state index is 12.0. The van der Waals surface area contributed by atoms with Crippen LogP contribution in [0.5, 0.6) is 5.75 Å². The van der Waals surface area contributed by atoms with E-state index in [1.54, 1.807) is 19.2 Å². The summed E-state index contributed by atoms with van der Waals surface area (Å²) in [5.41, 5.74) is 1.11. The molecule has 100 valence electrons. The highest BCUT2D eigenvalue weighted by Crippen LogP contribution is 2.19. The third kappa shape index (κ3) is 3.72. The molecule has 18 heavy (non-hydrogen) atoms. The van der Waals surface area contributed by atoms with Crippen molar-refractivity contribution < 1.29 is 19.7 Å². The standard InChI is InChI=1S/C13H19NO4/c1-9-4-5-11(12(16)6-9)13(17)14(2)7-10(15)8-18-3/h4-6,10,15-16H,7-8H2,1-3H3. The van der Waals surface area contributed by atoms with Gasteiger partial charge in [-0.15, -0.1) is 0 Å². The van der Waals surface area contributed by atoms with E-state index >= 15 is 0 Å². The molecular formula is C13H19NO4. The van der Waals surface area contributed by atoms with E-state index in [1.807, 2.05) is 6.92 Å². The summed E-state index contributed by atoms with van der Waals surface area (Å²) in [5.74, 6) is -0.379. The van der Waals surface area contributed by atoms with E-state index in [0.29, 0.717) is 0 Å². The molecule has 0 aliphatic rings. The van der Waals surface area contributed by atoms with E-state index in [-0.39, 0.29) is 30.4 Å². The molecule has 0 aliphatic heterocycles. The van der Waals surface area contributed by atoms with Gasteiger partial charge in [-0.25, -0.2) is 0 Å². The molecule has 0 heterocycles. The summed E-state index contributed by atoms with van der Waals surface area (Å²) in [5, 5.41) is 19.3. The van der Waals surface area contributed by atoms with Crippen LogP contribution in [0.2, 0.25) is 0 Å². The van der Waals surface area contributed by atoms with E-state index in [1.165, 1.54) is 18.1 Å². The normalized spacial score (nSPS) is 12.2. The minimum Gasteiger partial charge on any atom is -0.507 e. The summed E-state index contributed by atoms with van der Waals surface area (Å²) in [6.45, 7) is 2.15. The van der Waals surface area contributed by atoms with Crippen molar-refractivity contribution >= 4 is 5.91 Å². The Bertz CT molecular complexity index is 419. The fraction of sp³-hybridized carbons (Fsp3) is 0.462. The fourth-order valence-corrected chi connectivity index (χ4v) is 1.67. The molecule has 5 heteroatoms. The Morgan fingerprint density at radius 2 is 2.17 bits per heavy atom. The number of carbonyl (C=O) groups excluding carboxylic acids is 1. The molecule has 0 bridgehead atoms. The van der Waals surface area contributed by atoms with Crippen LogP contribution >= 0.6 is 0 Å². The van der Waals surface area contributed by atoms with Crippen molar-refractivity contribution in [3.63, 3.8) is 0 Å². The fourth-order valence-electron chi connectivity index (χ4n) is 1.67. The molecule has 1 atom stereocenters. The van der Waals surface area contributed by atoms with Gasteiger partial charge in [-0.1, -0.05) is 6.07 Å². The Labute approximate surface area is 107 Å². The zero-order valence-electron chi connectivity index (χ0n) is 10.9. The number of methoxy groups -OCH3 is 1. The van der Waals surface area contributed by atoms with E-state index in [4.69, 9.17) is 4.74 Å². The summed E-state index contributed by atoms with van der Waals surface area (Å²) in [6.07, 6.45) is -0.739. The van der Waals surface area contributed by atoms with Gasteiger partial charge in [0.1, 0.15) is 5.75 Å². The number of ether oxygens (including phenoxy) is 1. The predicted molar refractivity (Wildman–Crippen MR) is 67.7 cm³/mol. The molecule has 0 saturated heterocycles. The minimum absolute atomic E-state index is 0.0481. The lowest BCUT2D eigenvalue weighted by Gasteiger charge is -2.21. The van der Waals surface area contributed by atoms with Crippen molar-refractivity contribution in [3.8, 4) is 5.75 Å². The third-order valence-electron chi connectivity index (χ3n) is 2.57. The van der Waals surface area contributed by atoms with Gasteiger partial charge in [-0.05, 0) is 24.6 Å². The lowest BCUT2D eigenvalue weighted by Crippen LogP contribution is -2.36. The molecule has 2 N–H and O–H groups in total. The van der Waals surface area contributed by atoms with E-state index in [9.17, 15) is 15.0 Å². The number of hydrogen-bond acceptors (Lipinski definition) is 4. The molecule has 0 aromatic heterocycles. The van der Waals surface area contributed by atoms with Crippen molar-refractivity contribution in [2.24, 2.45) is 0 Å². The molecule has 5 nitrogen and oxygen atoms in total. The van der Waals surface area contributed by atoms with Gasteiger partial charge < -0.3 is 19.8 Å². The number of carbonyl (C=O) groups is 1. The summed E-state index contributed by atoms with van der Waals surface area (Å²) >= 11 is 0. The maximum atomic E-state index is 12.0. The number of benzene rings is 1. The quantitative estimate of drug-likeness (QED) is 0.813. The van der Waals surface area contributed by atoms with E-state index in [0.717, 1.165) is 5.56 Å². The highest BCUT2D eigenvalue weighted by molar-refractivity contribution is 5.96. The number of rotatable bonds is 5. The number of aromatic hydroxyl groups is 1. The largest absolute Gasteiger partial charge is 0.507 e. The number of phenolic OH excluding ortho intramolecular Hbond substituents is 1. The Morgan fingerprint density at radius 1 is 1.50 bits per heavy atom. The van der Waals surface area contributed by atoms with Crippen molar-refractivity contribution in [2.45, 2.75) is 13.0 Å². The second-order valence-corrected chi connectivity index (χ2v) is 4.32. The van der Waals surface area contributed by atoms with Gasteiger partial charge in [0.25, 0.3) is 5.91 Å². The van der Waals surface area contributed by atoms with Crippen LogP contribution in [0.3, 0.4) is 0 Å². The molecule has 1 rings (SSSR count). The first-order chi connectivity index (χ1) is 8.45. The highest BCUT2D eigenvalue weighted by Gasteiger charge is 2.18. The Kier molecular flexibility index (Phi) is 5.12. The highest BCUT2D eigenvalue weighted by atomic mass is 16.5. The number of nitrogens with zero attached hydrogens (tertiary/aromatic N) is 1. The van der Waals surface area contributed by atoms with Gasteiger partial charge in [0, 0.05) is 20.7 Å². The van der Waals surface area contributed by atoms with Gasteiger partial charge in [0.2, 0.25) is 0 Å². The van der Waals surface area contributed by atoms with E-state index in [2.05, 4.69) is 0 Å². The van der Waals surface area contributed by atoms with Crippen LogP contribution in [0.1, 0.15) is 15.9 Å². The van der Waals surface area contributed by atoms with Crippen LogP contribution in [-0.2, 0) is 4.74 Å². The lowest BCUT2D eigenvalue weighted by molar-refractivity contribution is 0.0379. The molecule has 1 aromatic rings. The van der Waals surface area contributed by atoms with Crippen LogP contribution in [0.25, 0.3) is 0 Å². The number of amides is 1. The Hall–Kier alpha value is -1.59. The van der Waals surface area contributed by atoms with Gasteiger partial charge in [-0.3, -0.25) is 4.79 Å². The zero-order chi connectivity index (χ0) is 13.7. The Balaban J connectivity index is 2.74. The first kappa shape index (κ1) is 14.5. The molecule has 0 aliphatic carbocycles. The zero-order valence-corrected chi connectivity index (χ0v) is 10.9. The van der Waals surface area contributed by atoms with Gasteiger partial charge in [-0.2, -0.15) is 0 Å². The number of aryl methyl sites for hydroxylation is 1. The molecule has 0 saturated carbocycles. The summed E-state index contributed by atoms with van der Waals surface area (Å²) in [6, 6.07) is 4.87. The first-order valence-corrected chi connectivity index (χ1v) is 5.67. The van der Waals surface area contributed by atoms with Gasteiger partial charge in [0.15, 0.2) is 0 Å². The van der Waals surface area contributed by atoms with Crippen molar-refractivity contribution in [1.82, 2.24) is 4.90 Å². The van der Waals surface area contributed by atoms with Crippen LogP contribution in [0.4, 0.5) is 0 Å². The first-order valence-electron chi connectivity index (χ1n) is 5.67. The van der Waals surface area contributed by atoms with E-state index < -0.39 is 6.10 Å². The number of likely N-dealkylation sites (N-methyl/N-ethyl adjacent to an activating group) is 1. The topological polar surface area (TPSA) is 70.0 Å². The average Bonchev–Trinajstić information content (AvgIpc) is 2.28. The Morgan fingerprint density at radius 3 is 2.72 bits per heavy atom. The van der Waals surface area contributed by atoms with Gasteiger partial charge >= 0.3 is 0 Å². The number of hydrogen-bond donors (Lipinski definition) is 2. The minimum atomic E-state index is -0.739. The van der Waals surface area contributed by atoms with Crippen molar-refractivity contribution in [3.05, 3.63) is 29.3 Å². The summed E-state index contributed by atoms with van der Waals surface area (Å²) < 4.78 is 4.79. The van der Waals surface area contributed by atoms with Crippen molar-refractivity contribution in [2.75, 3.05) is 27.3 Å². The number of phenols is 1. The smallest absolute Gasteiger partial charge is 0.257 e. The lowest BCUT2D eigenvalue weighted by atomic mass is 10.1. The van der Waals surface area contributed by atoms with Crippen molar-refractivity contribution in [1.29, 1.82) is 0 Å². The molecule has 1 amide bonds. The molecule has 0 spiro atoms. The summed E-state index contributed by atoms with van der Waals surface area (Å²) in [4.78, 5) is 13.4. The molecule has 1 unspecified atom stereocenters. The monoisotopic (exact) mass is 253 g/mol. The third-order valence-corrected chi connectivity index (χ3v) is 2.57. The predicted octanol–water partition coefficient (Wildman–Crippen LogP) is 0.780. The van der Waals surface area contributed by atoms with Crippen LogP contribution in [0.15, 0.2) is 18.2 Å². The second-order valence-electron chi connectivity index (χ2n) is 4.32. The molecule has 1 aromatic carbocycles. The number of aliphatic hydroxyl groups excluding tert-OH is 1. The van der Waals surface area contributed by atoms with Gasteiger partial charge in [0.05, 0.1) is 18.3 Å². The molecule has 0 fully saturated rings. The molecule has 0 radical (unpaired) electrons. The van der Waals surface area contributed by atoms with Crippen LogP contribution in [-0.4, -0.2) is 54.4 Å². The van der Waals surface area contributed by atoms with Crippen LogP contribution < -0.4 is 0 Å². The molecular weight excluding hydrogens is 234 g/mol. The number of aliphatic hydroxyl groups is 1. The SMILES string of the molecule is COCC(O)CN(C)C(=O)c1ccc(C)cc1O. The average molecular weight is 253 g/mol.